The van der Waals surface area contributed by atoms with Gasteiger partial charge in [-0.15, -0.1) is 0 Å². The van der Waals surface area contributed by atoms with Crippen LogP contribution in [-0.4, -0.2) is 9.81 Å². The number of hydrogen-bond donors (Lipinski definition) is 0. The molecule has 0 aliphatic rings. The number of nitrogens with zero attached hydrogens (tertiary/aromatic N) is 1. The van der Waals surface area contributed by atoms with Gasteiger partial charge < -0.3 is 4.57 Å². The van der Waals surface area contributed by atoms with E-state index in [0.29, 0.717) is 12.1 Å². The molecule has 0 N–H and O–H groups in total. The molecule has 0 aliphatic carbocycles. The van der Waals surface area contributed by atoms with Crippen molar-refractivity contribution in [2.24, 2.45) is 0 Å². The topological polar surface area (TPSA) is 39.1 Å². The van der Waals surface area contributed by atoms with Crippen LogP contribution in [-0.2, 0) is 17.8 Å². The van der Waals surface area contributed by atoms with E-state index in [0.717, 1.165) is 6.42 Å². The average molecular weight is 214 g/mol. The summed E-state index contributed by atoms with van der Waals surface area (Å²) in [6.45, 7) is 2.66. The third-order valence-corrected chi connectivity index (χ3v) is 2.03. The Morgan fingerprint density at radius 3 is 2.86 bits per heavy atom. The molecule has 1 aromatic heterocycles. The molecule has 3 nitrogen and oxygen atoms in total. The summed E-state index contributed by atoms with van der Waals surface area (Å²) in [7, 11) is 0. The Morgan fingerprint density at radius 1 is 1.57 bits per heavy atom. The van der Waals surface area contributed by atoms with E-state index in [1.165, 1.54) is 0 Å². The number of aryl methyl sites for hydroxylation is 1. The van der Waals surface area contributed by atoms with Crippen LogP contribution in [0, 0.1) is 0 Å². The largest absolute Gasteiger partial charge is 0.315 e. The van der Waals surface area contributed by atoms with Gasteiger partial charge in [0.05, 0.1) is 6.42 Å². The zero-order chi connectivity index (χ0) is 10.6. The number of pyridine rings is 1. The van der Waals surface area contributed by atoms with E-state index in [4.69, 9.17) is 11.6 Å². The lowest BCUT2D eigenvalue weighted by Gasteiger charge is -2.04. The fourth-order valence-corrected chi connectivity index (χ4v) is 1.43. The highest BCUT2D eigenvalue weighted by atomic mass is 35.5. The minimum Gasteiger partial charge on any atom is -0.315 e. The van der Waals surface area contributed by atoms with Gasteiger partial charge in [-0.2, -0.15) is 0 Å². The maximum Gasteiger partial charge on any atom is 0.254 e. The van der Waals surface area contributed by atoms with Crippen molar-refractivity contribution in [3.05, 3.63) is 34.2 Å². The van der Waals surface area contributed by atoms with Crippen molar-refractivity contribution in [1.29, 1.82) is 0 Å². The molecule has 0 bridgehead atoms. The maximum atomic E-state index is 11.6. The van der Waals surface area contributed by atoms with Gasteiger partial charge in [0.25, 0.3) is 5.56 Å². The standard InChI is InChI=1S/C10H12ClNO2/c1-2-5-12-6-3-4-8(10(12)14)7-9(11)13/h3-4,6H,2,5,7H2,1H3. The van der Waals surface area contributed by atoms with Crippen molar-refractivity contribution in [3.8, 4) is 0 Å². The van der Waals surface area contributed by atoms with Crippen molar-refractivity contribution in [3.63, 3.8) is 0 Å². The van der Waals surface area contributed by atoms with Crippen LogP contribution in [0.5, 0.6) is 0 Å². The zero-order valence-corrected chi connectivity index (χ0v) is 8.75. The number of hydrogen-bond acceptors (Lipinski definition) is 2. The van der Waals surface area contributed by atoms with Crippen molar-refractivity contribution in [2.75, 3.05) is 0 Å². The lowest BCUT2D eigenvalue weighted by molar-refractivity contribution is -0.111. The molecular formula is C10H12ClNO2. The first-order valence-electron chi connectivity index (χ1n) is 4.51. The van der Waals surface area contributed by atoms with Crippen LogP contribution >= 0.6 is 11.6 Å². The SMILES string of the molecule is CCCn1cccc(CC(=O)Cl)c1=O. The molecule has 0 atom stereocenters. The molecule has 4 heteroatoms. The van der Waals surface area contributed by atoms with Gasteiger partial charge in [-0.25, -0.2) is 0 Å². The van der Waals surface area contributed by atoms with Crippen LogP contribution < -0.4 is 5.56 Å². The summed E-state index contributed by atoms with van der Waals surface area (Å²) in [6, 6.07) is 3.39. The third kappa shape index (κ3) is 2.70. The number of halogens is 1. The molecule has 0 fully saturated rings. The summed E-state index contributed by atoms with van der Waals surface area (Å²) in [5, 5.41) is -0.503. The first-order valence-corrected chi connectivity index (χ1v) is 4.89. The molecule has 0 saturated heterocycles. The van der Waals surface area contributed by atoms with Crippen LogP contribution in [0.2, 0.25) is 0 Å². The predicted molar refractivity (Wildman–Crippen MR) is 55.6 cm³/mol. The zero-order valence-electron chi connectivity index (χ0n) is 8.00. The van der Waals surface area contributed by atoms with Gasteiger partial charge in [0.2, 0.25) is 5.24 Å². The highest BCUT2D eigenvalue weighted by Crippen LogP contribution is 1.97. The smallest absolute Gasteiger partial charge is 0.254 e. The summed E-state index contributed by atoms with van der Waals surface area (Å²) in [4.78, 5) is 22.3. The second-order valence-electron chi connectivity index (χ2n) is 3.06. The summed E-state index contributed by atoms with van der Waals surface area (Å²) >= 11 is 5.23. The Hall–Kier alpha value is -1.09. The molecule has 0 unspecified atom stereocenters. The van der Waals surface area contributed by atoms with Crippen molar-refractivity contribution >= 4 is 16.8 Å². The molecule has 0 amide bonds. The normalized spacial score (nSPS) is 10.1. The van der Waals surface area contributed by atoms with Crippen LogP contribution in [0.15, 0.2) is 23.1 Å². The van der Waals surface area contributed by atoms with Gasteiger partial charge in [0, 0.05) is 18.3 Å². The molecule has 0 radical (unpaired) electrons. The lowest BCUT2D eigenvalue weighted by Crippen LogP contribution is -2.23. The summed E-state index contributed by atoms with van der Waals surface area (Å²) in [6.07, 6.45) is 2.61. The first-order chi connectivity index (χ1) is 6.65. The quantitative estimate of drug-likeness (QED) is 0.713. The Bertz CT molecular complexity index is 384. The Labute approximate surface area is 87.3 Å². The second kappa shape index (κ2) is 4.96. The minimum atomic E-state index is -0.503. The van der Waals surface area contributed by atoms with Gasteiger partial charge in [0.1, 0.15) is 0 Å². The van der Waals surface area contributed by atoms with E-state index in [1.54, 1.807) is 22.9 Å². The fourth-order valence-electron chi connectivity index (χ4n) is 1.29. The number of carbonyl (C=O) groups is 1. The molecule has 1 heterocycles. The van der Waals surface area contributed by atoms with E-state index < -0.39 is 5.24 Å². The number of rotatable bonds is 4. The molecule has 1 aromatic rings. The van der Waals surface area contributed by atoms with Crippen LogP contribution in [0.4, 0.5) is 0 Å². The summed E-state index contributed by atoms with van der Waals surface area (Å²) in [5.74, 6) is 0. The predicted octanol–water partition coefficient (Wildman–Crippen LogP) is 1.57. The Kier molecular flexibility index (Phi) is 3.89. The van der Waals surface area contributed by atoms with E-state index in [2.05, 4.69) is 0 Å². The van der Waals surface area contributed by atoms with E-state index in [9.17, 15) is 9.59 Å². The number of carbonyl (C=O) groups excluding carboxylic acids is 1. The molecule has 0 aliphatic heterocycles. The maximum absolute atomic E-state index is 11.6. The second-order valence-corrected chi connectivity index (χ2v) is 3.49. The Morgan fingerprint density at radius 2 is 2.29 bits per heavy atom. The van der Waals surface area contributed by atoms with Crippen LogP contribution in [0.3, 0.4) is 0 Å². The van der Waals surface area contributed by atoms with Crippen LogP contribution in [0.1, 0.15) is 18.9 Å². The fraction of sp³-hybridized carbons (Fsp3) is 0.400. The first kappa shape index (κ1) is 11.0. The van der Waals surface area contributed by atoms with E-state index in [-0.39, 0.29) is 12.0 Å². The van der Waals surface area contributed by atoms with E-state index in [1.807, 2.05) is 6.92 Å². The van der Waals surface area contributed by atoms with Crippen molar-refractivity contribution < 1.29 is 4.79 Å². The molecule has 14 heavy (non-hydrogen) atoms. The lowest BCUT2D eigenvalue weighted by atomic mass is 10.2. The Balaban J connectivity index is 3.01. The molecule has 0 spiro atoms. The van der Waals surface area contributed by atoms with Gasteiger partial charge in [-0.3, -0.25) is 9.59 Å². The van der Waals surface area contributed by atoms with Gasteiger partial charge in [-0.05, 0) is 24.1 Å². The van der Waals surface area contributed by atoms with Crippen molar-refractivity contribution in [2.45, 2.75) is 26.3 Å². The monoisotopic (exact) mass is 213 g/mol. The van der Waals surface area contributed by atoms with Gasteiger partial charge >= 0.3 is 0 Å². The number of aromatic nitrogens is 1. The van der Waals surface area contributed by atoms with E-state index >= 15 is 0 Å². The van der Waals surface area contributed by atoms with Gasteiger partial charge in [-0.1, -0.05) is 13.0 Å². The van der Waals surface area contributed by atoms with Crippen molar-refractivity contribution in [1.82, 2.24) is 4.57 Å². The summed E-state index contributed by atoms with van der Waals surface area (Å²) in [5.41, 5.74) is 0.337. The summed E-state index contributed by atoms with van der Waals surface area (Å²) < 4.78 is 1.59. The minimum absolute atomic E-state index is 0.00490. The highest BCUT2D eigenvalue weighted by molar-refractivity contribution is 6.63. The molecular weight excluding hydrogens is 202 g/mol. The highest BCUT2D eigenvalue weighted by Gasteiger charge is 2.05. The van der Waals surface area contributed by atoms with Crippen LogP contribution in [0.25, 0.3) is 0 Å². The average Bonchev–Trinajstić information content (AvgIpc) is 2.11. The molecule has 1 rings (SSSR count). The van der Waals surface area contributed by atoms with Gasteiger partial charge in [0.15, 0.2) is 0 Å². The molecule has 0 aromatic carbocycles. The molecule has 76 valence electrons. The third-order valence-electron chi connectivity index (χ3n) is 1.89. The molecule has 0 saturated carbocycles.